The van der Waals surface area contributed by atoms with Crippen LogP contribution in [0.5, 0.6) is 0 Å². The van der Waals surface area contributed by atoms with Gasteiger partial charge in [-0.2, -0.15) is 0 Å². The minimum atomic E-state index is 0. The molecule has 1 aromatic heterocycles. The minimum Gasteiger partial charge on any atom is -0.252 e. The van der Waals surface area contributed by atoms with Crippen molar-refractivity contribution in [3.63, 3.8) is 0 Å². The maximum Gasteiger partial charge on any atom is 2.00 e. The molecular weight excluding hydrogens is 406 g/mol. The van der Waals surface area contributed by atoms with Crippen molar-refractivity contribution in [3.8, 4) is 11.1 Å². The van der Waals surface area contributed by atoms with Crippen molar-refractivity contribution in [3.05, 3.63) is 129 Å². The van der Waals surface area contributed by atoms with Crippen LogP contribution in [0.2, 0.25) is 5.02 Å². The molecule has 3 heteroatoms. The molecule has 10 radical (unpaired) electrons. The molecule has 2 aliphatic carbocycles. The molecule has 0 spiro atoms. The van der Waals surface area contributed by atoms with Crippen molar-refractivity contribution in [1.82, 2.24) is 4.98 Å². The van der Waals surface area contributed by atoms with E-state index in [1.54, 1.807) is 0 Å². The fourth-order valence-corrected chi connectivity index (χ4v) is 3.24. The Morgan fingerprint density at radius 3 is 1.96 bits per heavy atom. The molecule has 0 N–H and O–H groups in total. The van der Waals surface area contributed by atoms with E-state index in [0.717, 1.165) is 38.7 Å². The Morgan fingerprint density at radius 2 is 1.32 bits per heavy atom. The molecule has 2 fully saturated rings. The van der Waals surface area contributed by atoms with Gasteiger partial charge in [-0.25, -0.2) is 0 Å². The number of nitrogens with zero attached hydrogens (tertiary/aromatic N) is 1. The first-order chi connectivity index (χ1) is 13.3. The summed E-state index contributed by atoms with van der Waals surface area (Å²) in [6.45, 7) is 0. The van der Waals surface area contributed by atoms with E-state index in [9.17, 15) is 0 Å². The zero-order valence-electron chi connectivity index (χ0n) is 15.1. The Balaban J connectivity index is 0.000000329. The quantitative estimate of drug-likeness (QED) is 0.439. The molecule has 1 nitrogen and oxygen atoms in total. The van der Waals surface area contributed by atoms with Gasteiger partial charge < -0.3 is 0 Å². The van der Waals surface area contributed by atoms with E-state index in [2.05, 4.69) is 31.0 Å². The van der Waals surface area contributed by atoms with E-state index in [1.807, 2.05) is 81.3 Å². The van der Waals surface area contributed by atoms with Crippen molar-refractivity contribution < 1.29 is 17.1 Å². The van der Waals surface area contributed by atoms with Crippen LogP contribution < -0.4 is 0 Å². The fourth-order valence-electron chi connectivity index (χ4n) is 3.06. The smallest absolute Gasteiger partial charge is 0.252 e. The number of benzene rings is 2. The molecule has 28 heavy (non-hydrogen) atoms. The van der Waals surface area contributed by atoms with E-state index >= 15 is 0 Å². The normalized spacial score (nSPS) is 16.5. The Morgan fingerprint density at radius 1 is 0.679 bits per heavy atom. The molecule has 0 unspecified atom stereocenters. The number of fused-ring (bicyclic) bond motifs is 1. The van der Waals surface area contributed by atoms with Crippen LogP contribution in [-0.2, 0) is 17.1 Å². The summed E-state index contributed by atoms with van der Waals surface area (Å²) in [6.07, 6.45) is 18.3. The molecule has 1 heterocycles. The van der Waals surface area contributed by atoms with E-state index in [0.29, 0.717) is 0 Å². The molecule has 5 rings (SSSR count). The summed E-state index contributed by atoms with van der Waals surface area (Å²) >= 11 is 6.13. The van der Waals surface area contributed by atoms with Crippen LogP contribution in [0.15, 0.2) is 54.6 Å². The van der Waals surface area contributed by atoms with Gasteiger partial charge >= 0.3 is 17.1 Å². The van der Waals surface area contributed by atoms with Gasteiger partial charge in [-0.3, -0.25) is 4.98 Å². The van der Waals surface area contributed by atoms with Crippen LogP contribution in [0.1, 0.15) is 5.69 Å². The van der Waals surface area contributed by atoms with E-state index < -0.39 is 0 Å². The van der Waals surface area contributed by atoms with Crippen LogP contribution in [0.4, 0.5) is 0 Å². The third-order valence-corrected chi connectivity index (χ3v) is 4.59. The number of hydrogen-bond donors (Lipinski definition) is 0. The second-order valence-corrected chi connectivity index (χ2v) is 6.66. The second kappa shape index (κ2) is 10.4. The summed E-state index contributed by atoms with van der Waals surface area (Å²) in [6, 6.07) is 18.3. The van der Waals surface area contributed by atoms with Gasteiger partial charge in [0.05, 0.1) is 11.2 Å². The maximum atomic E-state index is 6.13. The molecule has 0 atom stereocenters. The number of hydrogen-bond acceptors (Lipinski definition) is 1. The van der Waals surface area contributed by atoms with Gasteiger partial charge in [0.15, 0.2) is 0 Å². The van der Waals surface area contributed by atoms with E-state index in [4.69, 9.17) is 16.6 Å². The number of rotatable bonds is 2. The number of pyridine rings is 1. The number of halogens is 1. The second-order valence-electron chi connectivity index (χ2n) is 6.22. The topological polar surface area (TPSA) is 12.9 Å². The zero-order chi connectivity index (χ0) is 18.5. The fraction of sp³-hybridized carbons (Fsp3) is 0. The predicted octanol–water partition coefficient (Wildman–Crippen LogP) is 6.33. The monoisotopic (exact) mass is 423 g/mol. The summed E-state index contributed by atoms with van der Waals surface area (Å²) < 4.78 is 0. The van der Waals surface area contributed by atoms with Gasteiger partial charge in [-0.05, 0) is 87.6 Å². The Labute approximate surface area is 184 Å². The van der Waals surface area contributed by atoms with E-state index in [-0.39, 0.29) is 17.1 Å². The van der Waals surface area contributed by atoms with Gasteiger partial charge in [0.2, 0.25) is 0 Å². The van der Waals surface area contributed by atoms with Crippen LogP contribution in [0.3, 0.4) is 0 Å². The third kappa shape index (κ3) is 5.17. The summed E-state index contributed by atoms with van der Waals surface area (Å²) in [5, 5.41) is 1.79. The van der Waals surface area contributed by atoms with Crippen LogP contribution in [-0.4, -0.2) is 4.98 Å². The largest absolute Gasteiger partial charge is 2.00 e. The molecule has 3 aromatic rings. The molecule has 0 bridgehead atoms. The van der Waals surface area contributed by atoms with Crippen molar-refractivity contribution in [2.75, 3.05) is 0 Å². The average Bonchev–Trinajstić information content (AvgIpc) is 3.44. The molecule has 2 aliphatic rings. The van der Waals surface area contributed by atoms with Gasteiger partial charge in [-0.15, -0.1) is 0 Å². The van der Waals surface area contributed by atoms with Gasteiger partial charge in [0.1, 0.15) is 0 Å². The third-order valence-electron chi connectivity index (χ3n) is 4.35. The first-order valence-electron chi connectivity index (χ1n) is 8.86. The van der Waals surface area contributed by atoms with Crippen molar-refractivity contribution in [1.29, 1.82) is 0 Å². The Hall–Kier alpha value is -1.34. The standard InChI is InChI=1S/C20H13ClN.C5H5.Fe/c21-17-10-11-19-16(12-17)13-18(14-6-2-1-3-7-14)20(22-19)15-8-4-5-9-15;1-2-4-5-3-1;/h1-13H;1-5H;/q;;+2. The number of aromatic nitrogens is 1. The average molecular weight is 424 g/mol. The maximum absolute atomic E-state index is 6.13. The summed E-state index contributed by atoms with van der Waals surface area (Å²) in [4.78, 5) is 4.88. The summed E-state index contributed by atoms with van der Waals surface area (Å²) in [5.74, 6) is 1.13. The van der Waals surface area contributed by atoms with Crippen LogP contribution >= 0.6 is 11.6 Å². The van der Waals surface area contributed by atoms with Crippen molar-refractivity contribution in [2.24, 2.45) is 0 Å². The zero-order valence-corrected chi connectivity index (χ0v) is 16.9. The van der Waals surface area contributed by atoms with Crippen LogP contribution in [0, 0.1) is 63.7 Å². The molecule has 2 aromatic carbocycles. The first-order valence-corrected chi connectivity index (χ1v) is 9.23. The molecule has 136 valence electrons. The Bertz CT molecular complexity index is 876. The molecular formula is C25H18ClFeN+2. The van der Waals surface area contributed by atoms with Crippen LogP contribution in [0.25, 0.3) is 22.0 Å². The first kappa shape index (κ1) is 21.4. The van der Waals surface area contributed by atoms with Gasteiger partial charge in [-0.1, -0.05) is 41.9 Å². The summed E-state index contributed by atoms with van der Waals surface area (Å²) in [5.41, 5.74) is 4.25. The predicted molar refractivity (Wildman–Crippen MR) is 113 cm³/mol. The van der Waals surface area contributed by atoms with Crippen molar-refractivity contribution in [2.45, 2.75) is 0 Å². The molecule has 0 aliphatic heterocycles. The van der Waals surface area contributed by atoms with E-state index in [1.165, 1.54) is 0 Å². The van der Waals surface area contributed by atoms with Gasteiger partial charge in [0, 0.05) is 21.9 Å². The SMILES string of the molecule is Clc1ccc2nc([C]3[CH][CH][CH][CH]3)c(-c3ccccc3)cc2c1.[CH]1[CH][CH][CH][CH]1.[Fe+2]. The minimum absolute atomic E-state index is 0. The van der Waals surface area contributed by atoms with Crippen molar-refractivity contribution >= 4 is 22.5 Å². The Kier molecular flexibility index (Phi) is 7.97. The molecule has 0 saturated heterocycles. The summed E-state index contributed by atoms with van der Waals surface area (Å²) in [7, 11) is 0. The molecule has 2 saturated carbocycles. The molecule has 0 amide bonds. The van der Waals surface area contributed by atoms with Gasteiger partial charge in [0.25, 0.3) is 0 Å².